The number of para-hydroxylation sites is 1. The Morgan fingerprint density at radius 2 is 1.83 bits per heavy atom. The molecule has 9 heteroatoms. The van der Waals surface area contributed by atoms with Gasteiger partial charge in [0, 0.05) is 18.8 Å². The summed E-state index contributed by atoms with van der Waals surface area (Å²) in [6.07, 6.45) is 4.51. The molecule has 1 aromatic carbocycles. The second kappa shape index (κ2) is 12.9. The second-order valence-corrected chi connectivity index (χ2v) is 8.75. The Balaban J connectivity index is 2.70. The Morgan fingerprint density at radius 1 is 1.14 bits per heavy atom. The van der Waals surface area contributed by atoms with E-state index in [1.54, 1.807) is 26.1 Å². The molecule has 1 aromatic heterocycles. The van der Waals surface area contributed by atoms with Crippen molar-refractivity contribution in [3.63, 3.8) is 0 Å². The Labute approximate surface area is 207 Å². The highest BCUT2D eigenvalue weighted by Gasteiger charge is 2.23. The van der Waals surface area contributed by atoms with Gasteiger partial charge in [-0.15, -0.1) is 0 Å². The Bertz CT molecular complexity index is 1150. The summed E-state index contributed by atoms with van der Waals surface area (Å²) in [5.74, 6) is 0.660. The fourth-order valence-corrected chi connectivity index (χ4v) is 3.50. The van der Waals surface area contributed by atoms with Crippen molar-refractivity contribution in [2.45, 2.75) is 66.4 Å². The molecule has 2 aromatic rings. The minimum Gasteiger partial charge on any atom is -0.496 e. The van der Waals surface area contributed by atoms with Crippen LogP contribution in [0.1, 0.15) is 58.8 Å². The summed E-state index contributed by atoms with van der Waals surface area (Å²) in [5, 5.41) is 5.68. The number of benzene rings is 1. The number of likely N-dealkylation sites (N-methyl/N-ethyl adjacent to an activating group) is 1. The van der Waals surface area contributed by atoms with E-state index in [9.17, 15) is 9.59 Å². The average molecular weight is 487 g/mol. The first-order valence-electron chi connectivity index (χ1n) is 11.8. The van der Waals surface area contributed by atoms with Gasteiger partial charge >= 0.3 is 5.69 Å². The van der Waals surface area contributed by atoms with E-state index in [2.05, 4.69) is 5.16 Å². The molecule has 0 saturated carbocycles. The lowest BCUT2D eigenvalue weighted by atomic mass is 10.1. The molecule has 2 rings (SSSR count). The fourth-order valence-electron chi connectivity index (χ4n) is 3.50. The second-order valence-electron chi connectivity index (χ2n) is 8.75. The number of oxime groups is 1. The van der Waals surface area contributed by atoms with E-state index in [0.29, 0.717) is 18.0 Å². The van der Waals surface area contributed by atoms with Gasteiger partial charge < -0.3 is 19.3 Å². The lowest BCUT2D eigenvalue weighted by Crippen LogP contribution is -2.52. The van der Waals surface area contributed by atoms with Gasteiger partial charge in [0.2, 0.25) is 0 Å². The molecule has 0 amide bonds. The van der Waals surface area contributed by atoms with E-state index in [1.807, 2.05) is 71.0 Å². The van der Waals surface area contributed by atoms with Crippen molar-refractivity contribution in [1.82, 2.24) is 9.24 Å². The molecule has 0 saturated heterocycles. The van der Waals surface area contributed by atoms with E-state index in [4.69, 9.17) is 14.3 Å². The molecule has 35 heavy (non-hydrogen) atoms. The summed E-state index contributed by atoms with van der Waals surface area (Å²) in [5.41, 5.74) is 0.511. The van der Waals surface area contributed by atoms with Gasteiger partial charge in [-0.2, -0.15) is 4.68 Å². The zero-order valence-corrected chi connectivity index (χ0v) is 22.0. The Hall–Kier alpha value is -3.33. The van der Waals surface area contributed by atoms with Crippen LogP contribution in [0, 0.1) is 0 Å². The third-order valence-corrected chi connectivity index (χ3v) is 5.16. The molecular weight excluding hydrogens is 448 g/mol. The average Bonchev–Trinajstić information content (AvgIpc) is 2.82. The molecule has 192 valence electrons. The summed E-state index contributed by atoms with van der Waals surface area (Å²) in [6, 6.07) is 7.54. The highest BCUT2D eigenvalue weighted by molar-refractivity contribution is 5.97. The lowest BCUT2D eigenvalue weighted by Gasteiger charge is -2.26. The molecule has 0 N–H and O–H groups in total. The third-order valence-electron chi connectivity index (χ3n) is 5.16. The molecule has 0 aliphatic carbocycles. The SMILES string of the molecule is C/C=C/CN(C)n1c(=O)c(/C(C)=N/OC(C)C)cn(CC(OC(C)C)c2ccccc2OC)c1=O. The largest absolute Gasteiger partial charge is 0.496 e. The van der Waals surface area contributed by atoms with Crippen LogP contribution in [0.2, 0.25) is 0 Å². The van der Waals surface area contributed by atoms with Crippen molar-refractivity contribution in [3.8, 4) is 5.75 Å². The molecule has 0 fully saturated rings. The van der Waals surface area contributed by atoms with Crippen LogP contribution in [0.5, 0.6) is 5.75 Å². The summed E-state index contributed by atoms with van der Waals surface area (Å²) >= 11 is 0. The maximum atomic E-state index is 13.5. The van der Waals surface area contributed by atoms with Crippen LogP contribution in [0.4, 0.5) is 0 Å². The zero-order valence-electron chi connectivity index (χ0n) is 22.0. The number of hydrogen-bond acceptors (Lipinski definition) is 7. The number of hydrogen-bond donors (Lipinski definition) is 0. The van der Waals surface area contributed by atoms with Gasteiger partial charge in [-0.3, -0.25) is 9.36 Å². The molecule has 9 nitrogen and oxygen atoms in total. The van der Waals surface area contributed by atoms with Crippen LogP contribution in [0.15, 0.2) is 57.4 Å². The maximum Gasteiger partial charge on any atom is 0.350 e. The van der Waals surface area contributed by atoms with Crippen LogP contribution in [0.25, 0.3) is 0 Å². The molecule has 1 atom stereocenters. The first kappa shape index (κ1) is 27.9. The molecule has 0 bridgehead atoms. The smallest absolute Gasteiger partial charge is 0.350 e. The van der Waals surface area contributed by atoms with E-state index >= 15 is 0 Å². The molecule has 1 unspecified atom stereocenters. The number of allylic oxidation sites excluding steroid dienone is 1. The van der Waals surface area contributed by atoms with Gasteiger partial charge in [0.1, 0.15) is 18.0 Å². The van der Waals surface area contributed by atoms with Gasteiger partial charge in [-0.1, -0.05) is 35.5 Å². The van der Waals surface area contributed by atoms with Gasteiger partial charge in [0.05, 0.1) is 37.6 Å². The molecular formula is C26H38N4O5. The highest BCUT2D eigenvalue weighted by Crippen LogP contribution is 2.29. The molecule has 0 spiro atoms. The highest BCUT2D eigenvalue weighted by atomic mass is 16.6. The molecule has 0 aliphatic heterocycles. The van der Waals surface area contributed by atoms with Crippen molar-refractivity contribution in [3.05, 3.63) is 74.6 Å². The topological polar surface area (TPSA) is 87.3 Å². The van der Waals surface area contributed by atoms with Gasteiger partial charge in [0.25, 0.3) is 5.56 Å². The van der Waals surface area contributed by atoms with Crippen molar-refractivity contribution in [1.29, 1.82) is 0 Å². The Kier molecular flexibility index (Phi) is 10.3. The van der Waals surface area contributed by atoms with Crippen LogP contribution in [0.3, 0.4) is 0 Å². The fraction of sp³-hybridized carbons (Fsp3) is 0.500. The van der Waals surface area contributed by atoms with E-state index in [0.717, 1.165) is 10.2 Å². The summed E-state index contributed by atoms with van der Waals surface area (Å²) in [4.78, 5) is 32.3. The molecule has 1 heterocycles. The summed E-state index contributed by atoms with van der Waals surface area (Å²) in [6.45, 7) is 11.7. The molecule has 0 radical (unpaired) electrons. The number of aromatic nitrogens is 2. The normalized spacial score (nSPS) is 13.0. The van der Waals surface area contributed by atoms with Crippen LogP contribution < -0.4 is 21.0 Å². The van der Waals surface area contributed by atoms with Gasteiger partial charge in [-0.25, -0.2) is 4.79 Å². The van der Waals surface area contributed by atoms with Crippen LogP contribution in [-0.4, -0.2) is 47.9 Å². The zero-order chi connectivity index (χ0) is 26.1. The third kappa shape index (κ3) is 7.32. The maximum absolute atomic E-state index is 13.5. The lowest BCUT2D eigenvalue weighted by molar-refractivity contribution is -0.00535. The van der Waals surface area contributed by atoms with Crippen molar-refractivity contribution >= 4 is 5.71 Å². The quantitative estimate of drug-likeness (QED) is 0.259. The van der Waals surface area contributed by atoms with Crippen molar-refractivity contribution in [2.24, 2.45) is 5.16 Å². The van der Waals surface area contributed by atoms with E-state index < -0.39 is 17.4 Å². The first-order valence-corrected chi connectivity index (χ1v) is 11.8. The number of ether oxygens (including phenoxy) is 2. The predicted molar refractivity (Wildman–Crippen MR) is 139 cm³/mol. The standard InChI is InChI=1S/C26H38N4O5/c1-9-10-15-28(7)30-25(31)22(20(6)27-35-19(4)5)16-29(26(30)32)17-24(34-18(2)3)21-13-11-12-14-23(21)33-8/h9-14,16,18-19,24H,15,17H2,1-8H3/b10-9+,27-20+. The van der Waals surface area contributed by atoms with Gasteiger partial charge in [-0.05, 0) is 47.6 Å². The number of nitrogens with zero attached hydrogens (tertiary/aromatic N) is 4. The number of rotatable bonds is 12. The van der Waals surface area contributed by atoms with E-state index in [1.165, 1.54) is 10.8 Å². The predicted octanol–water partition coefficient (Wildman–Crippen LogP) is 3.48. The first-order chi connectivity index (χ1) is 16.6. The monoisotopic (exact) mass is 486 g/mol. The minimum atomic E-state index is -0.493. The van der Waals surface area contributed by atoms with Crippen molar-refractivity contribution < 1.29 is 14.3 Å². The molecule has 0 aliphatic rings. The van der Waals surface area contributed by atoms with Crippen LogP contribution in [-0.2, 0) is 16.1 Å². The van der Waals surface area contributed by atoms with E-state index in [-0.39, 0.29) is 24.3 Å². The summed E-state index contributed by atoms with van der Waals surface area (Å²) < 4.78 is 14.4. The van der Waals surface area contributed by atoms with Crippen molar-refractivity contribution in [2.75, 3.05) is 25.7 Å². The van der Waals surface area contributed by atoms with Crippen LogP contribution >= 0.6 is 0 Å². The minimum absolute atomic E-state index is 0.105. The number of methoxy groups -OCH3 is 1. The van der Waals surface area contributed by atoms with Gasteiger partial charge in [0.15, 0.2) is 0 Å². The Morgan fingerprint density at radius 3 is 2.43 bits per heavy atom. The summed E-state index contributed by atoms with van der Waals surface area (Å²) in [7, 11) is 3.29.